The minimum atomic E-state index is -0.469. The average Bonchev–Trinajstić information content (AvgIpc) is 3.62. The zero-order valence-electron chi connectivity index (χ0n) is 39.3. The zero-order chi connectivity index (χ0) is 42.1. The molecule has 1 N–H and O–H groups in total. The zero-order valence-corrected chi connectivity index (χ0v) is 39.3. The maximum atomic E-state index is 12.4. The number of hydrogen-bond donors (Lipinski definition) is 1. The molecule has 340 valence electrons. The first-order valence-corrected chi connectivity index (χ1v) is 25.2. The Balaban J connectivity index is 0.0000154. The molecular formula is C50H99NO6. The molecule has 0 amide bonds. The number of rotatable bonds is 41. The van der Waals surface area contributed by atoms with Crippen molar-refractivity contribution in [1.82, 2.24) is 5.32 Å². The smallest absolute Gasteiger partial charge is 0.305 e. The highest BCUT2D eigenvalue weighted by atomic mass is 16.7. The molecular weight excluding hydrogens is 711 g/mol. The van der Waals surface area contributed by atoms with E-state index in [1.807, 2.05) is 13.8 Å². The van der Waals surface area contributed by atoms with Crippen LogP contribution in [-0.4, -0.2) is 56.7 Å². The van der Waals surface area contributed by atoms with Crippen LogP contribution >= 0.6 is 0 Å². The Morgan fingerprint density at radius 3 is 1.32 bits per heavy atom. The van der Waals surface area contributed by atoms with Crippen LogP contribution in [0, 0.1) is 11.8 Å². The Morgan fingerprint density at radius 2 is 0.930 bits per heavy atom. The molecule has 0 saturated carbocycles. The van der Waals surface area contributed by atoms with Crippen LogP contribution in [0.25, 0.3) is 0 Å². The summed E-state index contributed by atoms with van der Waals surface area (Å²) in [6.07, 6.45) is 36.3. The van der Waals surface area contributed by atoms with Crippen molar-refractivity contribution >= 4 is 11.9 Å². The second kappa shape index (κ2) is 41.5. The molecule has 1 rings (SSSR count). The lowest BCUT2D eigenvalue weighted by molar-refractivity contribution is -0.179. The van der Waals surface area contributed by atoms with Crippen LogP contribution in [-0.2, 0) is 28.5 Å². The topological polar surface area (TPSA) is 83.1 Å². The molecule has 7 heteroatoms. The molecule has 0 aromatic rings. The molecule has 1 atom stereocenters. The normalized spacial score (nSPS) is 14.9. The fraction of sp³-hybridized carbons (Fsp3) is 0.960. The molecule has 0 radical (unpaired) electrons. The fourth-order valence-corrected chi connectivity index (χ4v) is 8.22. The third kappa shape index (κ3) is 33.3. The van der Waals surface area contributed by atoms with E-state index in [2.05, 4.69) is 39.9 Å². The van der Waals surface area contributed by atoms with Crippen molar-refractivity contribution < 1.29 is 28.5 Å². The van der Waals surface area contributed by atoms with E-state index in [0.717, 1.165) is 103 Å². The van der Waals surface area contributed by atoms with Crippen molar-refractivity contribution in [1.29, 1.82) is 0 Å². The van der Waals surface area contributed by atoms with Gasteiger partial charge in [-0.15, -0.1) is 0 Å². The van der Waals surface area contributed by atoms with Gasteiger partial charge in [-0.25, -0.2) is 0 Å². The maximum absolute atomic E-state index is 12.4. The van der Waals surface area contributed by atoms with Crippen molar-refractivity contribution in [2.45, 2.75) is 266 Å². The van der Waals surface area contributed by atoms with Gasteiger partial charge in [0.1, 0.15) is 0 Å². The number of hydrogen-bond acceptors (Lipinski definition) is 7. The maximum Gasteiger partial charge on any atom is 0.305 e. The molecule has 7 nitrogen and oxygen atoms in total. The summed E-state index contributed by atoms with van der Waals surface area (Å²) in [5.74, 6) is 0.901. The molecule has 0 aromatic carbocycles. The van der Waals surface area contributed by atoms with Gasteiger partial charge in [-0.1, -0.05) is 190 Å². The average molecular weight is 810 g/mol. The summed E-state index contributed by atoms with van der Waals surface area (Å²) in [5.41, 5.74) is 0. The highest BCUT2D eigenvalue weighted by Gasteiger charge is 2.40. The molecule has 1 unspecified atom stereocenters. The van der Waals surface area contributed by atoms with Crippen LogP contribution in [0.2, 0.25) is 0 Å². The minimum absolute atomic E-state index is 0.0195. The van der Waals surface area contributed by atoms with E-state index in [0.29, 0.717) is 44.5 Å². The SMILES string of the molecule is CC.CCCCCC(CCCCC)CCOC(=O)CCCCCCCC1(CCCCCCCC(=O)OCCC(CCCCC)CCCCC)OCC(CNCC)O1. The third-order valence-corrected chi connectivity index (χ3v) is 11.9. The van der Waals surface area contributed by atoms with E-state index < -0.39 is 5.79 Å². The monoisotopic (exact) mass is 810 g/mol. The number of ether oxygens (including phenoxy) is 4. The van der Waals surface area contributed by atoms with Gasteiger partial charge in [0.25, 0.3) is 0 Å². The van der Waals surface area contributed by atoms with Gasteiger partial charge in [-0.3, -0.25) is 9.59 Å². The lowest BCUT2D eigenvalue weighted by atomic mass is 9.92. The first kappa shape index (κ1) is 55.8. The molecule has 1 fully saturated rings. The van der Waals surface area contributed by atoms with Crippen LogP contribution < -0.4 is 5.32 Å². The molecule has 1 heterocycles. The van der Waals surface area contributed by atoms with Crippen molar-refractivity contribution in [3.05, 3.63) is 0 Å². The summed E-state index contributed by atoms with van der Waals surface area (Å²) in [6.45, 7) is 18.8. The molecule has 0 bridgehead atoms. The highest BCUT2D eigenvalue weighted by Crippen LogP contribution is 2.35. The van der Waals surface area contributed by atoms with Gasteiger partial charge in [0.05, 0.1) is 25.9 Å². The molecule has 1 aliphatic rings. The number of esters is 2. The van der Waals surface area contributed by atoms with E-state index >= 15 is 0 Å². The lowest BCUT2D eigenvalue weighted by Gasteiger charge is -2.28. The van der Waals surface area contributed by atoms with Crippen LogP contribution in [0.5, 0.6) is 0 Å². The second-order valence-corrected chi connectivity index (χ2v) is 17.0. The summed E-state index contributed by atoms with van der Waals surface area (Å²) < 4.78 is 24.3. The predicted molar refractivity (Wildman–Crippen MR) is 243 cm³/mol. The first-order valence-electron chi connectivity index (χ1n) is 25.2. The molecule has 0 aliphatic carbocycles. The summed E-state index contributed by atoms with van der Waals surface area (Å²) in [4.78, 5) is 24.8. The summed E-state index contributed by atoms with van der Waals surface area (Å²) >= 11 is 0. The van der Waals surface area contributed by atoms with Gasteiger partial charge in [0, 0.05) is 32.2 Å². The molecule has 1 saturated heterocycles. The third-order valence-electron chi connectivity index (χ3n) is 11.9. The summed E-state index contributed by atoms with van der Waals surface area (Å²) in [5, 5.41) is 3.42. The molecule has 1 aliphatic heterocycles. The Hall–Kier alpha value is -1.18. The van der Waals surface area contributed by atoms with Crippen molar-refractivity contribution in [2.24, 2.45) is 11.8 Å². The Labute approximate surface area is 355 Å². The largest absolute Gasteiger partial charge is 0.466 e. The number of unbranched alkanes of at least 4 members (excludes halogenated alkanes) is 16. The van der Waals surface area contributed by atoms with Gasteiger partial charge < -0.3 is 24.3 Å². The number of carbonyl (C=O) groups is 2. The standard InChI is InChI=1S/C48H93NO6.C2H6/c1-6-11-21-29-43(30-22-12-7-2)35-39-52-46(50)33-25-17-15-19-27-37-48(54-42-45(55-48)41-49-10-5)38-28-20-16-18-26-34-47(51)53-40-36-44(31-23-13-8-3)32-24-14-9-4;1-2/h43-45,49H,6-42H2,1-5H3;1-2H3. The van der Waals surface area contributed by atoms with Crippen LogP contribution in [0.1, 0.15) is 254 Å². The summed E-state index contributed by atoms with van der Waals surface area (Å²) in [7, 11) is 0. The van der Waals surface area contributed by atoms with Crippen LogP contribution in [0.3, 0.4) is 0 Å². The lowest BCUT2D eigenvalue weighted by Crippen LogP contribution is -2.34. The Kier molecular flexibility index (Phi) is 40.7. The van der Waals surface area contributed by atoms with E-state index in [9.17, 15) is 9.59 Å². The Morgan fingerprint density at radius 1 is 0.544 bits per heavy atom. The second-order valence-electron chi connectivity index (χ2n) is 17.0. The molecule has 57 heavy (non-hydrogen) atoms. The van der Waals surface area contributed by atoms with Crippen molar-refractivity contribution in [3.8, 4) is 0 Å². The van der Waals surface area contributed by atoms with Crippen LogP contribution in [0.15, 0.2) is 0 Å². The van der Waals surface area contributed by atoms with E-state index in [-0.39, 0.29) is 18.0 Å². The van der Waals surface area contributed by atoms with Gasteiger partial charge >= 0.3 is 11.9 Å². The minimum Gasteiger partial charge on any atom is -0.466 e. The predicted octanol–water partition coefficient (Wildman–Crippen LogP) is 14.6. The van der Waals surface area contributed by atoms with E-state index in [1.165, 1.54) is 103 Å². The van der Waals surface area contributed by atoms with Crippen molar-refractivity contribution in [2.75, 3.05) is 32.9 Å². The van der Waals surface area contributed by atoms with Gasteiger partial charge in [0.2, 0.25) is 0 Å². The van der Waals surface area contributed by atoms with E-state index in [1.54, 1.807) is 0 Å². The highest BCUT2D eigenvalue weighted by molar-refractivity contribution is 5.69. The summed E-state index contributed by atoms with van der Waals surface area (Å²) in [6, 6.07) is 0. The van der Waals surface area contributed by atoms with Gasteiger partial charge in [0.15, 0.2) is 5.79 Å². The quantitative estimate of drug-likeness (QED) is 0.0486. The Bertz CT molecular complexity index is 792. The first-order chi connectivity index (χ1) is 27.9. The number of carbonyl (C=O) groups excluding carboxylic acids is 2. The van der Waals surface area contributed by atoms with Crippen LogP contribution in [0.4, 0.5) is 0 Å². The number of likely N-dealkylation sites (N-methyl/N-ethyl adjacent to an activating group) is 1. The van der Waals surface area contributed by atoms with Crippen molar-refractivity contribution in [3.63, 3.8) is 0 Å². The van der Waals surface area contributed by atoms with Gasteiger partial charge in [-0.2, -0.15) is 0 Å². The molecule has 0 aromatic heterocycles. The molecule has 0 spiro atoms. The van der Waals surface area contributed by atoms with Gasteiger partial charge in [-0.05, 0) is 56.9 Å². The number of nitrogens with one attached hydrogen (secondary N) is 1. The fourth-order valence-electron chi connectivity index (χ4n) is 8.22. The van der Waals surface area contributed by atoms with E-state index in [4.69, 9.17) is 18.9 Å².